The molecular weight excluding hydrogens is 273 g/mol. The Hall–Kier alpha value is -2.51. The van der Waals surface area contributed by atoms with Crippen molar-refractivity contribution in [3.63, 3.8) is 0 Å². The third-order valence-electron chi connectivity index (χ3n) is 2.55. The maximum absolute atomic E-state index is 12.9. The molecule has 8 heteroatoms. The summed E-state index contributed by atoms with van der Waals surface area (Å²) in [6.07, 6.45) is -1.66. The number of urea groups is 1. The van der Waals surface area contributed by atoms with Crippen molar-refractivity contribution < 1.29 is 18.0 Å². The molecule has 0 spiro atoms. The third kappa shape index (κ3) is 3.08. The van der Waals surface area contributed by atoms with Crippen molar-refractivity contribution in [2.75, 3.05) is 10.6 Å². The minimum absolute atomic E-state index is 0.143. The molecule has 0 radical (unpaired) electrons. The Kier molecular flexibility index (Phi) is 3.64. The molecule has 2 aromatic rings. The van der Waals surface area contributed by atoms with Gasteiger partial charge >= 0.3 is 12.2 Å². The lowest BCUT2D eigenvalue weighted by Crippen LogP contribution is -2.23. The van der Waals surface area contributed by atoms with Crippen LogP contribution in [0.15, 0.2) is 30.6 Å². The molecule has 0 aliphatic carbocycles. The maximum Gasteiger partial charge on any atom is 0.418 e. The average molecular weight is 284 g/mol. The Morgan fingerprint density at radius 1 is 1.30 bits per heavy atom. The predicted octanol–water partition coefficient (Wildman–Crippen LogP) is 3.38. The number of amides is 2. The highest BCUT2D eigenvalue weighted by Crippen LogP contribution is 2.36. The van der Waals surface area contributed by atoms with Crippen molar-refractivity contribution in [1.29, 1.82) is 0 Å². The zero-order valence-corrected chi connectivity index (χ0v) is 10.4. The molecule has 20 heavy (non-hydrogen) atoms. The van der Waals surface area contributed by atoms with E-state index in [2.05, 4.69) is 20.6 Å². The van der Waals surface area contributed by atoms with Crippen molar-refractivity contribution >= 4 is 17.7 Å². The number of nitrogens with one attached hydrogen (secondary N) is 3. The van der Waals surface area contributed by atoms with Gasteiger partial charge in [-0.3, -0.25) is 5.32 Å². The van der Waals surface area contributed by atoms with Crippen LogP contribution in [0.5, 0.6) is 0 Å². The monoisotopic (exact) mass is 284 g/mol. The van der Waals surface area contributed by atoms with E-state index in [0.717, 1.165) is 6.07 Å². The number of hydrogen-bond donors (Lipinski definition) is 3. The van der Waals surface area contributed by atoms with Gasteiger partial charge in [0.05, 0.1) is 11.3 Å². The standard InChI is InChI=1S/C12H11F3N4O/c1-7-3-2-4-8(12(13,14)15)9(7)18-11(20)19-10-16-5-6-17-10/h2-6H,1H3,(H3,16,17,18,19,20). The summed E-state index contributed by atoms with van der Waals surface area (Å²) in [5.41, 5.74) is -0.856. The van der Waals surface area contributed by atoms with Crippen LogP contribution in [-0.2, 0) is 6.18 Å². The Bertz CT molecular complexity index is 608. The van der Waals surface area contributed by atoms with E-state index in [1.807, 2.05) is 0 Å². The van der Waals surface area contributed by atoms with Crippen molar-refractivity contribution in [3.8, 4) is 0 Å². The Morgan fingerprint density at radius 2 is 2.05 bits per heavy atom. The number of aromatic nitrogens is 2. The number of carbonyl (C=O) groups is 1. The highest BCUT2D eigenvalue weighted by Gasteiger charge is 2.34. The molecule has 0 unspecified atom stereocenters. The first-order valence-corrected chi connectivity index (χ1v) is 5.62. The zero-order valence-electron chi connectivity index (χ0n) is 10.4. The highest BCUT2D eigenvalue weighted by atomic mass is 19.4. The summed E-state index contributed by atoms with van der Waals surface area (Å²) >= 11 is 0. The van der Waals surface area contributed by atoms with Crippen molar-refractivity contribution in [1.82, 2.24) is 9.97 Å². The topological polar surface area (TPSA) is 69.8 Å². The van der Waals surface area contributed by atoms with Gasteiger partial charge in [0.15, 0.2) is 0 Å². The van der Waals surface area contributed by atoms with Gasteiger partial charge in [-0.15, -0.1) is 0 Å². The van der Waals surface area contributed by atoms with Crippen LogP contribution in [-0.4, -0.2) is 16.0 Å². The normalized spacial score (nSPS) is 11.2. The van der Waals surface area contributed by atoms with E-state index in [9.17, 15) is 18.0 Å². The SMILES string of the molecule is Cc1cccc(C(F)(F)F)c1NC(=O)Nc1ncc[nH]1. The van der Waals surface area contributed by atoms with Crippen molar-refractivity contribution in [2.24, 2.45) is 0 Å². The van der Waals surface area contributed by atoms with Gasteiger partial charge in [-0.25, -0.2) is 9.78 Å². The summed E-state index contributed by atoms with van der Waals surface area (Å²) in [6.45, 7) is 1.48. The van der Waals surface area contributed by atoms with Gasteiger partial charge in [0, 0.05) is 12.4 Å². The number of carbonyl (C=O) groups excluding carboxylic acids is 1. The molecule has 1 aromatic heterocycles. The van der Waals surface area contributed by atoms with Crippen LogP contribution < -0.4 is 10.6 Å². The van der Waals surface area contributed by atoms with Crippen LogP contribution in [0.25, 0.3) is 0 Å². The Balaban J connectivity index is 2.22. The lowest BCUT2D eigenvalue weighted by atomic mass is 10.1. The highest BCUT2D eigenvalue weighted by molar-refractivity contribution is 5.99. The number of aryl methyl sites for hydroxylation is 1. The van der Waals surface area contributed by atoms with Crippen LogP contribution in [0.3, 0.4) is 0 Å². The van der Waals surface area contributed by atoms with Gasteiger partial charge in [0.25, 0.3) is 0 Å². The van der Waals surface area contributed by atoms with Crippen LogP contribution in [0.4, 0.5) is 29.6 Å². The number of rotatable bonds is 2. The quantitative estimate of drug-likeness (QED) is 0.791. The molecule has 0 aliphatic rings. The number of alkyl halides is 3. The van der Waals surface area contributed by atoms with Gasteiger partial charge in [-0.05, 0) is 18.6 Å². The molecule has 1 aromatic carbocycles. The summed E-state index contributed by atoms with van der Waals surface area (Å²) < 4.78 is 38.6. The number of halogens is 3. The van der Waals surface area contributed by atoms with Gasteiger partial charge in [-0.1, -0.05) is 12.1 Å². The molecule has 2 rings (SSSR count). The molecule has 0 fully saturated rings. The van der Waals surface area contributed by atoms with Gasteiger partial charge in [0.1, 0.15) is 0 Å². The van der Waals surface area contributed by atoms with E-state index >= 15 is 0 Å². The molecule has 1 heterocycles. The third-order valence-corrected chi connectivity index (χ3v) is 2.55. The second-order valence-corrected chi connectivity index (χ2v) is 4.01. The minimum atomic E-state index is -4.54. The van der Waals surface area contributed by atoms with Gasteiger partial charge < -0.3 is 10.3 Å². The summed E-state index contributed by atoms with van der Waals surface area (Å²) in [7, 11) is 0. The lowest BCUT2D eigenvalue weighted by Gasteiger charge is -2.15. The first-order valence-electron chi connectivity index (χ1n) is 5.62. The van der Waals surface area contributed by atoms with E-state index in [-0.39, 0.29) is 11.6 Å². The molecule has 0 saturated heterocycles. The lowest BCUT2D eigenvalue weighted by molar-refractivity contribution is -0.136. The number of anilines is 2. The number of nitrogens with zero attached hydrogens (tertiary/aromatic N) is 1. The van der Waals surface area contributed by atoms with Crippen molar-refractivity contribution in [2.45, 2.75) is 13.1 Å². The number of H-pyrrole nitrogens is 1. The zero-order chi connectivity index (χ0) is 14.8. The summed E-state index contributed by atoms with van der Waals surface area (Å²) in [4.78, 5) is 18.0. The van der Waals surface area contributed by atoms with Gasteiger partial charge in [-0.2, -0.15) is 13.2 Å². The summed E-state index contributed by atoms with van der Waals surface area (Å²) in [5, 5.41) is 4.49. The molecule has 0 saturated carbocycles. The molecular formula is C12H11F3N4O. The first-order chi connectivity index (χ1) is 9.38. The number of para-hydroxylation sites is 1. The summed E-state index contributed by atoms with van der Waals surface area (Å²) in [5.74, 6) is 0.143. The minimum Gasteiger partial charge on any atom is -0.331 e. The Morgan fingerprint density at radius 3 is 2.65 bits per heavy atom. The van der Waals surface area contributed by atoms with Crippen LogP contribution in [0, 0.1) is 6.92 Å². The van der Waals surface area contributed by atoms with E-state index in [1.54, 1.807) is 0 Å². The average Bonchev–Trinajstić information content (AvgIpc) is 2.83. The molecule has 0 atom stereocenters. The smallest absolute Gasteiger partial charge is 0.331 e. The van der Waals surface area contributed by atoms with Crippen LogP contribution in [0.2, 0.25) is 0 Å². The molecule has 106 valence electrons. The molecule has 5 nitrogen and oxygen atoms in total. The number of aromatic amines is 1. The first kappa shape index (κ1) is 13.9. The summed E-state index contributed by atoms with van der Waals surface area (Å²) in [6, 6.07) is 2.88. The van der Waals surface area contributed by atoms with E-state index in [4.69, 9.17) is 0 Å². The molecule has 3 N–H and O–H groups in total. The second kappa shape index (κ2) is 5.24. The maximum atomic E-state index is 12.9. The van der Waals surface area contributed by atoms with E-state index in [0.29, 0.717) is 5.56 Å². The van der Waals surface area contributed by atoms with Crippen LogP contribution >= 0.6 is 0 Å². The van der Waals surface area contributed by atoms with Gasteiger partial charge in [0.2, 0.25) is 5.95 Å². The Labute approximate surface area is 112 Å². The number of imidazole rings is 1. The van der Waals surface area contributed by atoms with E-state index in [1.165, 1.54) is 31.5 Å². The van der Waals surface area contributed by atoms with E-state index < -0.39 is 17.8 Å². The number of benzene rings is 1. The van der Waals surface area contributed by atoms with Crippen molar-refractivity contribution in [3.05, 3.63) is 41.7 Å². The number of hydrogen-bond acceptors (Lipinski definition) is 2. The fraction of sp³-hybridized carbons (Fsp3) is 0.167. The molecule has 2 amide bonds. The largest absolute Gasteiger partial charge is 0.418 e. The van der Waals surface area contributed by atoms with Crippen LogP contribution in [0.1, 0.15) is 11.1 Å². The predicted molar refractivity (Wildman–Crippen MR) is 67.4 cm³/mol. The molecule has 0 aliphatic heterocycles. The second-order valence-electron chi connectivity index (χ2n) is 4.01. The fourth-order valence-corrected chi connectivity index (χ4v) is 1.66. The fourth-order valence-electron chi connectivity index (χ4n) is 1.66. The molecule has 0 bridgehead atoms.